The molecule has 2 unspecified atom stereocenters. The molecular weight excluding hydrogens is 222 g/mol. The average molecular weight is 241 g/mol. The van der Waals surface area contributed by atoms with Crippen LogP contribution < -0.4 is 10.6 Å². The molecule has 0 saturated carbocycles. The minimum Gasteiger partial charge on any atom is -0.370 e. The Morgan fingerprint density at radius 2 is 2.12 bits per heavy atom. The normalized spacial score (nSPS) is 14.2. The van der Waals surface area contributed by atoms with Gasteiger partial charge in [0.15, 0.2) is 0 Å². The smallest absolute Gasteiger partial charge is 0.128 e. The molecule has 0 spiro atoms. The van der Waals surface area contributed by atoms with Crippen molar-refractivity contribution in [2.45, 2.75) is 19.9 Å². The van der Waals surface area contributed by atoms with E-state index in [1.807, 2.05) is 32.0 Å². The molecule has 90 valence electrons. The van der Waals surface area contributed by atoms with E-state index >= 15 is 0 Å². The van der Waals surface area contributed by atoms with E-state index in [-0.39, 0.29) is 6.04 Å². The summed E-state index contributed by atoms with van der Waals surface area (Å²) in [6, 6.07) is 5.95. The molecule has 0 amide bonds. The lowest BCUT2D eigenvalue weighted by Gasteiger charge is -2.13. The molecule has 1 rings (SSSR count). The van der Waals surface area contributed by atoms with E-state index in [2.05, 4.69) is 15.6 Å². The van der Waals surface area contributed by atoms with Crippen LogP contribution in [0.25, 0.3) is 0 Å². The third kappa shape index (κ3) is 4.61. The zero-order chi connectivity index (χ0) is 12.0. The predicted octanol–water partition coefficient (Wildman–Crippen LogP) is 1.69. The van der Waals surface area contributed by atoms with Crippen molar-refractivity contribution in [2.24, 2.45) is 0 Å². The SMILES string of the molecule is CCNc1cccc(NC(C)CS(C)=O)n1. The first-order chi connectivity index (χ1) is 7.61. The Labute approximate surface area is 99.3 Å². The van der Waals surface area contributed by atoms with Gasteiger partial charge in [0, 0.05) is 35.4 Å². The summed E-state index contributed by atoms with van der Waals surface area (Å²) in [4.78, 5) is 4.39. The monoisotopic (exact) mass is 241 g/mol. The molecule has 0 aliphatic carbocycles. The second-order valence-electron chi connectivity index (χ2n) is 3.72. The highest BCUT2D eigenvalue weighted by atomic mass is 32.2. The fourth-order valence-corrected chi connectivity index (χ4v) is 2.23. The molecule has 0 bridgehead atoms. The van der Waals surface area contributed by atoms with Crippen LogP contribution in [0.15, 0.2) is 18.2 Å². The van der Waals surface area contributed by atoms with Crippen molar-refractivity contribution >= 4 is 22.4 Å². The maximum Gasteiger partial charge on any atom is 0.128 e. The Morgan fingerprint density at radius 3 is 2.75 bits per heavy atom. The van der Waals surface area contributed by atoms with Gasteiger partial charge in [0.25, 0.3) is 0 Å². The molecule has 1 aromatic heterocycles. The summed E-state index contributed by atoms with van der Waals surface area (Å²) < 4.78 is 11.1. The van der Waals surface area contributed by atoms with Gasteiger partial charge in [0.05, 0.1) is 0 Å². The molecule has 16 heavy (non-hydrogen) atoms. The number of pyridine rings is 1. The summed E-state index contributed by atoms with van der Waals surface area (Å²) in [5.41, 5.74) is 0. The number of hydrogen-bond donors (Lipinski definition) is 2. The van der Waals surface area contributed by atoms with Crippen LogP contribution >= 0.6 is 0 Å². The van der Waals surface area contributed by atoms with Gasteiger partial charge in [0.2, 0.25) is 0 Å². The minimum absolute atomic E-state index is 0.162. The van der Waals surface area contributed by atoms with E-state index in [1.165, 1.54) is 0 Å². The Bertz CT molecular complexity index is 357. The van der Waals surface area contributed by atoms with Gasteiger partial charge in [-0.3, -0.25) is 4.21 Å². The summed E-state index contributed by atoms with van der Waals surface area (Å²) >= 11 is 0. The van der Waals surface area contributed by atoms with Crippen molar-refractivity contribution < 1.29 is 4.21 Å². The Morgan fingerprint density at radius 1 is 1.44 bits per heavy atom. The lowest BCUT2D eigenvalue weighted by molar-refractivity contribution is 0.683. The Balaban J connectivity index is 2.59. The molecule has 5 heteroatoms. The fraction of sp³-hybridized carbons (Fsp3) is 0.545. The third-order valence-corrected chi connectivity index (χ3v) is 2.96. The molecule has 0 radical (unpaired) electrons. The van der Waals surface area contributed by atoms with E-state index in [4.69, 9.17) is 0 Å². The maximum atomic E-state index is 11.1. The Kier molecular flexibility index (Phi) is 5.25. The number of rotatable bonds is 6. The summed E-state index contributed by atoms with van der Waals surface area (Å²) in [6.07, 6.45) is 1.71. The number of nitrogens with zero attached hydrogens (tertiary/aromatic N) is 1. The molecule has 2 N–H and O–H groups in total. The summed E-state index contributed by atoms with van der Waals surface area (Å²) in [7, 11) is -0.784. The second kappa shape index (κ2) is 6.48. The van der Waals surface area contributed by atoms with Gasteiger partial charge in [-0.15, -0.1) is 0 Å². The van der Waals surface area contributed by atoms with Gasteiger partial charge in [-0.2, -0.15) is 0 Å². The van der Waals surface area contributed by atoms with Crippen molar-refractivity contribution in [3.63, 3.8) is 0 Å². The van der Waals surface area contributed by atoms with Gasteiger partial charge in [-0.05, 0) is 26.0 Å². The number of aromatic nitrogens is 1. The molecule has 0 saturated heterocycles. The summed E-state index contributed by atoms with van der Waals surface area (Å²) in [5, 5.41) is 6.38. The van der Waals surface area contributed by atoms with E-state index in [0.717, 1.165) is 18.2 Å². The molecule has 0 aliphatic heterocycles. The first-order valence-electron chi connectivity index (χ1n) is 5.39. The molecule has 1 aromatic rings. The lowest BCUT2D eigenvalue weighted by Crippen LogP contribution is -2.22. The molecule has 0 aromatic carbocycles. The van der Waals surface area contributed by atoms with Crippen molar-refractivity contribution in [2.75, 3.05) is 29.2 Å². The average Bonchev–Trinajstić information content (AvgIpc) is 2.17. The highest BCUT2D eigenvalue weighted by Gasteiger charge is 2.05. The van der Waals surface area contributed by atoms with Gasteiger partial charge in [-0.1, -0.05) is 6.07 Å². The molecule has 4 nitrogen and oxygen atoms in total. The van der Waals surface area contributed by atoms with E-state index in [0.29, 0.717) is 5.75 Å². The minimum atomic E-state index is -0.784. The number of hydrogen-bond acceptors (Lipinski definition) is 4. The van der Waals surface area contributed by atoms with Crippen LogP contribution in [0.3, 0.4) is 0 Å². The van der Waals surface area contributed by atoms with Crippen LogP contribution in [0.1, 0.15) is 13.8 Å². The molecule has 1 heterocycles. The van der Waals surface area contributed by atoms with Crippen LogP contribution in [-0.2, 0) is 10.8 Å². The van der Waals surface area contributed by atoms with Crippen LogP contribution in [0.2, 0.25) is 0 Å². The van der Waals surface area contributed by atoms with Crippen molar-refractivity contribution in [3.05, 3.63) is 18.2 Å². The largest absolute Gasteiger partial charge is 0.370 e. The zero-order valence-corrected chi connectivity index (χ0v) is 10.8. The topological polar surface area (TPSA) is 54.0 Å². The van der Waals surface area contributed by atoms with Crippen LogP contribution in [0.4, 0.5) is 11.6 Å². The first-order valence-corrected chi connectivity index (χ1v) is 7.12. The first kappa shape index (κ1) is 13.0. The van der Waals surface area contributed by atoms with Gasteiger partial charge in [-0.25, -0.2) is 4.98 Å². The Hall–Kier alpha value is -1.10. The van der Waals surface area contributed by atoms with Crippen LogP contribution in [-0.4, -0.2) is 33.8 Å². The third-order valence-electron chi connectivity index (χ3n) is 1.99. The quantitative estimate of drug-likeness (QED) is 0.796. The molecule has 0 fully saturated rings. The highest BCUT2D eigenvalue weighted by Crippen LogP contribution is 2.10. The van der Waals surface area contributed by atoms with Crippen molar-refractivity contribution in [3.8, 4) is 0 Å². The number of nitrogens with one attached hydrogen (secondary N) is 2. The standard InChI is InChI=1S/C11H19N3OS/c1-4-12-10-6-5-7-11(14-10)13-9(2)8-16(3)15/h5-7,9H,4,8H2,1-3H3,(H2,12,13,14). The lowest BCUT2D eigenvalue weighted by atomic mass is 10.3. The number of anilines is 2. The summed E-state index contributed by atoms with van der Waals surface area (Å²) in [5.74, 6) is 2.31. The maximum absolute atomic E-state index is 11.1. The predicted molar refractivity (Wildman–Crippen MR) is 70.4 cm³/mol. The van der Waals surface area contributed by atoms with E-state index in [9.17, 15) is 4.21 Å². The highest BCUT2D eigenvalue weighted by molar-refractivity contribution is 7.84. The van der Waals surface area contributed by atoms with Crippen molar-refractivity contribution in [1.29, 1.82) is 0 Å². The molecule has 0 aliphatic rings. The zero-order valence-electron chi connectivity index (χ0n) is 9.99. The second-order valence-corrected chi connectivity index (χ2v) is 5.20. The van der Waals surface area contributed by atoms with E-state index in [1.54, 1.807) is 6.26 Å². The van der Waals surface area contributed by atoms with Gasteiger partial charge >= 0.3 is 0 Å². The van der Waals surface area contributed by atoms with Crippen molar-refractivity contribution in [1.82, 2.24) is 4.98 Å². The van der Waals surface area contributed by atoms with Crippen LogP contribution in [0, 0.1) is 0 Å². The van der Waals surface area contributed by atoms with E-state index < -0.39 is 10.8 Å². The van der Waals surface area contributed by atoms with Gasteiger partial charge < -0.3 is 10.6 Å². The molecule has 2 atom stereocenters. The van der Waals surface area contributed by atoms with Gasteiger partial charge in [0.1, 0.15) is 11.6 Å². The fourth-order valence-electron chi connectivity index (χ4n) is 1.44. The summed E-state index contributed by atoms with van der Waals surface area (Å²) in [6.45, 7) is 4.89. The molecular formula is C11H19N3OS. The van der Waals surface area contributed by atoms with Crippen LogP contribution in [0.5, 0.6) is 0 Å².